The van der Waals surface area contributed by atoms with Crippen LogP contribution in [0.3, 0.4) is 0 Å². The number of nitrogens with zero attached hydrogens (tertiary/aromatic N) is 5. The molecular formula is C18H20N6O3. The summed E-state index contributed by atoms with van der Waals surface area (Å²) in [6, 6.07) is 9.23. The van der Waals surface area contributed by atoms with Crippen LogP contribution >= 0.6 is 0 Å². The van der Waals surface area contributed by atoms with Crippen LogP contribution < -0.4 is 10.3 Å². The molecular weight excluding hydrogens is 348 g/mol. The summed E-state index contributed by atoms with van der Waals surface area (Å²) >= 11 is 0. The van der Waals surface area contributed by atoms with Crippen molar-refractivity contribution < 1.29 is 14.4 Å². The fraction of sp³-hybridized carbons (Fsp3) is 0.278. The largest absolute Gasteiger partial charge is 0.361 e. The van der Waals surface area contributed by atoms with Crippen LogP contribution in [-0.2, 0) is 13.1 Å². The molecule has 0 radical (unpaired) electrons. The standard InChI is InChI=1S/C18H20N6O3/c1-12-16(13(2)27-21-12)11-22-10-15(8-19-22)24-17(25)20-23(18(24)26)9-14-6-4-3-5-7-14/h3-8,10,17,20,25H,9,11H2,1-2H3. The number of benzene rings is 1. The van der Waals surface area contributed by atoms with Crippen LogP contribution in [0.1, 0.15) is 22.6 Å². The maximum absolute atomic E-state index is 12.7. The van der Waals surface area contributed by atoms with Crippen LogP contribution in [0.15, 0.2) is 47.2 Å². The Balaban J connectivity index is 1.50. The van der Waals surface area contributed by atoms with E-state index in [1.165, 1.54) is 9.91 Å². The summed E-state index contributed by atoms with van der Waals surface area (Å²) in [5, 5.41) is 19.9. The molecule has 0 saturated carbocycles. The minimum Gasteiger partial charge on any atom is -0.361 e. The first kappa shape index (κ1) is 17.3. The van der Waals surface area contributed by atoms with Crippen LogP contribution in [0.4, 0.5) is 10.5 Å². The molecule has 1 fully saturated rings. The molecule has 0 bridgehead atoms. The Hall–Kier alpha value is -3.17. The quantitative estimate of drug-likeness (QED) is 0.712. The van der Waals surface area contributed by atoms with Gasteiger partial charge in [-0.2, -0.15) is 10.5 Å². The number of carbonyl (C=O) groups excluding carboxylic acids is 1. The zero-order valence-electron chi connectivity index (χ0n) is 15.0. The van der Waals surface area contributed by atoms with E-state index < -0.39 is 6.35 Å². The summed E-state index contributed by atoms with van der Waals surface area (Å²) in [6.07, 6.45) is 2.10. The highest BCUT2D eigenvalue weighted by atomic mass is 16.5. The Morgan fingerprint density at radius 1 is 1.22 bits per heavy atom. The molecule has 1 saturated heterocycles. The normalized spacial score (nSPS) is 17.1. The number of amides is 2. The second kappa shape index (κ2) is 6.86. The third kappa shape index (κ3) is 3.29. The molecule has 140 valence electrons. The number of aromatic nitrogens is 3. The van der Waals surface area contributed by atoms with E-state index in [0.29, 0.717) is 18.8 Å². The predicted octanol–water partition coefficient (Wildman–Crippen LogP) is 1.76. The number of anilines is 1. The number of nitrogens with one attached hydrogen (secondary N) is 1. The zero-order chi connectivity index (χ0) is 19.0. The summed E-state index contributed by atoms with van der Waals surface area (Å²) in [4.78, 5) is 14.0. The van der Waals surface area contributed by atoms with Gasteiger partial charge in [-0.25, -0.2) is 9.69 Å². The maximum Gasteiger partial charge on any atom is 0.342 e. The smallest absolute Gasteiger partial charge is 0.342 e. The van der Waals surface area contributed by atoms with E-state index in [1.807, 2.05) is 44.2 Å². The first-order valence-electron chi connectivity index (χ1n) is 8.56. The Bertz CT molecular complexity index is 932. The molecule has 2 aromatic heterocycles. The fourth-order valence-electron chi connectivity index (χ4n) is 3.07. The van der Waals surface area contributed by atoms with Gasteiger partial charge in [0.05, 0.1) is 30.7 Å². The van der Waals surface area contributed by atoms with Crippen molar-refractivity contribution in [3.63, 3.8) is 0 Å². The lowest BCUT2D eigenvalue weighted by atomic mass is 10.2. The zero-order valence-corrected chi connectivity index (χ0v) is 15.0. The topological polar surface area (TPSA) is 99.7 Å². The van der Waals surface area contributed by atoms with Crippen molar-refractivity contribution in [2.24, 2.45) is 0 Å². The van der Waals surface area contributed by atoms with Gasteiger partial charge in [-0.15, -0.1) is 0 Å². The van der Waals surface area contributed by atoms with Crippen LogP contribution in [-0.4, -0.2) is 37.4 Å². The molecule has 27 heavy (non-hydrogen) atoms. The van der Waals surface area contributed by atoms with Gasteiger partial charge in [0.15, 0.2) is 0 Å². The molecule has 1 aliphatic heterocycles. The highest BCUT2D eigenvalue weighted by Crippen LogP contribution is 2.23. The van der Waals surface area contributed by atoms with Crippen LogP contribution in [0.5, 0.6) is 0 Å². The predicted molar refractivity (Wildman–Crippen MR) is 96.3 cm³/mol. The van der Waals surface area contributed by atoms with E-state index >= 15 is 0 Å². The van der Waals surface area contributed by atoms with Gasteiger partial charge in [0.2, 0.25) is 6.35 Å². The van der Waals surface area contributed by atoms with E-state index in [2.05, 4.69) is 15.7 Å². The molecule has 2 amide bonds. The van der Waals surface area contributed by atoms with Gasteiger partial charge in [0.1, 0.15) is 5.76 Å². The van der Waals surface area contributed by atoms with Crippen LogP contribution in [0.25, 0.3) is 0 Å². The molecule has 0 spiro atoms. The lowest BCUT2D eigenvalue weighted by molar-refractivity contribution is 0.105. The van der Waals surface area contributed by atoms with Gasteiger partial charge in [0.25, 0.3) is 0 Å². The summed E-state index contributed by atoms with van der Waals surface area (Å²) in [7, 11) is 0. The summed E-state index contributed by atoms with van der Waals surface area (Å²) < 4.78 is 6.85. The number of hydrogen-bond donors (Lipinski definition) is 2. The molecule has 3 aromatic rings. The average molecular weight is 368 g/mol. The minimum absolute atomic E-state index is 0.344. The second-order valence-electron chi connectivity index (χ2n) is 6.43. The molecule has 2 N–H and O–H groups in total. The third-order valence-electron chi connectivity index (χ3n) is 4.54. The monoisotopic (exact) mass is 368 g/mol. The lowest BCUT2D eigenvalue weighted by Crippen LogP contribution is -2.37. The number of hydrazine groups is 1. The molecule has 1 atom stereocenters. The van der Waals surface area contributed by atoms with E-state index in [1.54, 1.807) is 17.1 Å². The molecule has 1 aromatic carbocycles. The Kier molecular flexibility index (Phi) is 4.38. The van der Waals surface area contributed by atoms with E-state index in [4.69, 9.17) is 4.52 Å². The molecule has 9 heteroatoms. The van der Waals surface area contributed by atoms with Crippen molar-refractivity contribution in [1.29, 1.82) is 0 Å². The highest BCUT2D eigenvalue weighted by molar-refractivity contribution is 5.93. The van der Waals surface area contributed by atoms with Gasteiger partial charge in [0, 0.05) is 11.8 Å². The number of aliphatic hydroxyl groups is 1. The van der Waals surface area contributed by atoms with Gasteiger partial charge < -0.3 is 9.63 Å². The van der Waals surface area contributed by atoms with E-state index in [0.717, 1.165) is 22.6 Å². The van der Waals surface area contributed by atoms with E-state index in [-0.39, 0.29) is 6.03 Å². The summed E-state index contributed by atoms with van der Waals surface area (Å²) in [5.74, 6) is 0.734. The number of aryl methyl sites for hydroxylation is 2. The molecule has 9 nitrogen and oxygen atoms in total. The Morgan fingerprint density at radius 2 is 2.00 bits per heavy atom. The number of rotatable bonds is 5. The van der Waals surface area contributed by atoms with Crippen molar-refractivity contribution in [3.8, 4) is 0 Å². The van der Waals surface area contributed by atoms with Crippen molar-refractivity contribution in [3.05, 3.63) is 65.3 Å². The highest BCUT2D eigenvalue weighted by Gasteiger charge is 2.37. The van der Waals surface area contributed by atoms with E-state index in [9.17, 15) is 9.90 Å². The first-order valence-corrected chi connectivity index (χ1v) is 8.56. The summed E-state index contributed by atoms with van der Waals surface area (Å²) in [6.45, 7) is 4.54. The molecule has 4 rings (SSSR count). The number of carbonyl (C=O) groups is 1. The Morgan fingerprint density at radius 3 is 2.70 bits per heavy atom. The maximum atomic E-state index is 12.7. The van der Waals surface area contributed by atoms with Crippen molar-refractivity contribution in [2.45, 2.75) is 33.3 Å². The van der Waals surface area contributed by atoms with Gasteiger partial charge >= 0.3 is 6.03 Å². The average Bonchev–Trinajstić information content (AvgIpc) is 3.31. The fourth-order valence-corrected chi connectivity index (χ4v) is 3.07. The van der Waals surface area contributed by atoms with Crippen molar-refractivity contribution >= 4 is 11.7 Å². The second-order valence-corrected chi connectivity index (χ2v) is 6.43. The number of aliphatic hydroxyl groups excluding tert-OH is 1. The summed E-state index contributed by atoms with van der Waals surface area (Å²) in [5.41, 5.74) is 5.99. The van der Waals surface area contributed by atoms with Crippen molar-refractivity contribution in [2.75, 3.05) is 4.90 Å². The molecule has 1 unspecified atom stereocenters. The SMILES string of the molecule is Cc1noc(C)c1Cn1cc(N2C(=O)N(Cc3ccccc3)NC2O)cn1. The Labute approximate surface area is 155 Å². The van der Waals surface area contributed by atoms with Gasteiger partial charge in [-0.3, -0.25) is 9.69 Å². The van der Waals surface area contributed by atoms with Crippen LogP contribution in [0, 0.1) is 13.8 Å². The van der Waals surface area contributed by atoms with Crippen molar-refractivity contribution in [1.82, 2.24) is 25.4 Å². The van der Waals surface area contributed by atoms with Gasteiger partial charge in [-0.05, 0) is 19.4 Å². The molecule has 0 aliphatic carbocycles. The van der Waals surface area contributed by atoms with Gasteiger partial charge in [-0.1, -0.05) is 35.5 Å². The lowest BCUT2D eigenvalue weighted by Gasteiger charge is -2.16. The number of hydrogen-bond acceptors (Lipinski definition) is 6. The van der Waals surface area contributed by atoms with Crippen LogP contribution in [0.2, 0.25) is 0 Å². The molecule has 3 heterocycles. The minimum atomic E-state index is -1.15. The first-order chi connectivity index (χ1) is 13.0. The third-order valence-corrected chi connectivity index (χ3v) is 4.54. The number of urea groups is 1. The molecule has 1 aliphatic rings.